The van der Waals surface area contributed by atoms with Crippen molar-refractivity contribution in [3.05, 3.63) is 23.8 Å². The highest BCUT2D eigenvalue weighted by Gasteiger charge is 2.20. The number of hydrogen-bond donors (Lipinski definition) is 1. The van der Waals surface area contributed by atoms with Crippen LogP contribution in [0.5, 0.6) is 5.75 Å². The largest absolute Gasteiger partial charge is 0.543 e. The second-order valence-corrected chi connectivity index (χ2v) is 9.46. The summed E-state index contributed by atoms with van der Waals surface area (Å²) in [6.45, 7) is 7.72. The summed E-state index contributed by atoms with van der Waals surface area (Å²) in [5, 5.41) is 3.45. The van der Waals surface area contributed by atoms with E-state index in [1.54, 1.807) is 0 Å². The van der Waals surface area contributed by atoms with E-state index in [9.17, 15) is 0 Å². The summed E-state index contributed by atoms with van der Waals surface area (Å²) in [5.41, 5.74) is 2.63. The Morgan fingerprint density at radius 3 is 2.80 bits per heavy atom. The van der Waals surface area contributed by atoms with Gasteiger partial charge in [-0.1, -0.05) is 12.1 Å². The van der Waals surface area contributed by atoms with E-state index in [1.165, 1.54) is 24.1 Å². The highest BCUT2D eigenvalue weighted by atomic mass is 28.4. The predicted molar refractivity (Wildman–Crippen MR) is 67.2 cm³/mol. The molecule has 0 radical (unpaired) electrons. The summed E-state index contributed by atoms with van der Waals surface area (Å²) in [7, 11) is -1.50. The molecule has 0 fully saturated rings. The lowest BCUT2D eigenvalue weighted by Crippen LogP contribution is -2.30. The van der Waals surface area contributed by atoms with Crippen LogP contribution in [0.15, 0.2) is 18.2 Å². The monoisotopic (exact) mass is 221 g/mol. The van der Waals surface area contributed by atoms with Crippen molar-refractivity contribution in [2.75, 3.05) is 11.9 Å². The van der Waals surface area contributed by atoms with Gasteiger partial charge in [0.25, 0.3) is 0 Å². The number of aryl methyl sites for hydroxylation is 1. The molecule has 0 aliphatic carbocycles. The van der Waals surface area contributed by atoms with Crippen LogP contribution in [0.1, 0.15) is 12.0 Å². The highest BCUT2D eigenvalue weighted by Crippen LogP contribution is 2.33. The molecule has 2 rings (SSSR count). The van der Waals surface area contributed by atoms with Gasteiger partial charge < -0.3 is 9.74 Å². The highest BCUT2D eigenvalue weighted by molar-refractivity contribution is 6.70. The first kappa shape index (κ1) is 10.6. The average Bonchev–Trinajstić information content (AvgIpc) is 2.16. The summed E-state index contributed by atoms with van der Waals surface area (Å²) >= 11 is 0. The van der Waals surface area contributed by atoms with E-state index in [4.69, 9.17) is 4.43 Å². The van der Waals surface area contributed by atoms with Crippen LogP contribution in [0.2, 0.25) is 19.6 Å². The lowest BCUT2D eigenvalue weighted by molar-refractivity contribution is 0.556. The number of anilines is 1. The molecule has 2 nitrogen and oxygen atoms in total. The minimum atomic E-state index is -1.50. The van der Waals surface area contributed by atoms with Crippen LogP contribution < -0.4 is 9.74 Å². The second-order valence-electron chi connectivity index (χ2n) is 5.04. The number of hydrogen-bond acceptors (Lipinski definition) is 2. The molecule has 1 aromatic carbocycles. The molecule has 1 heterocycles. The molecule has 0 bridgehead atoms. The van der Waals surface area contributed by atoms with E-state index in [0.717, 1.165) is 12.3 Å². The molecule has 0 atom stereocenters. The van der Waals surface area contributed by atoms with Crippen LogP contribution in [0.25, 0.3) is 0 Å². The van der Waals surface area contributed by atoms with Crippen LogP contribution in [0.4, 0.5) is 5.69 Å². The smallest absolute Gasteiger partial charge is 0.242 e. The molecule has 1 aromatic rings. The normalized spacial score (nSPS) is 15.4. The van der Waals surface area contributed by atoms with Crippen LogP contribution in [0, 0.1) is 0 Å². The molecule has 1 aliphatic heterocycles. The third-order valence-corrected chi connectivity index (χ3v) is 3.29. The maximum atomic E-state index is 6.08. The zero-order valence-electron chi connectivity index (χ0n) is 9.76. The molecule has 1 aliphatic rings. The Balaban J connectivity index is 2.31. The Labute approximate surface area is 92.8 Å². The first-order chi connectivity index (χ1) is 7.06. The lowest BCUT2D eigenvalue weighted by atomic mass is 10.0. The Bertz CT molecular complexity index is 357. The van der Waals surface area contributed by atoms with Crippen molar-refractivity contribution in [3.8, 4) is 5.75 Å². The number of para-hydroxylation sites is 1. The minimum Gasteiger partial charge on any atom is -0.543 e. The lowest BCUT2D eigenvalue weighted by Gasteiger charge is -2.26. The molecule has 0 saturated heterocycles. The molecule has 0 saturated carbocycles. The van der Waals surface area contributed by atoms with Gasteiger partial charge in [-0.05, 0) is 44.1 Å². The van der Waals surface area contributed by atoms with Crippen molar-refractivity contribution in [1.82, 2.24) is 0 Å². The number of nitrogens with one attached hydrogen (secondary N) is 1. The quantitative estimate of drug-likeness (QED) is 0.774. The summed E-state index contributed by atoms with van der Waals surface area (Å²) in [6, 6.07) is 6.37. The molecule has 15 heavy (non-hydrogen) atoms. The van der Waals surface area contributed by atoms with E-state index >= 15 is 0 Å². The molecule has 1 N–H and O–H groups in total. The van der Waals surface area contributed by atoms with E-state index in [0.29, 0.717) is 0 Å². The number of benzene rings is 1. The van der Waals surface area contributed by atoms with Crippen molar-refractivity contribution < 1.29 is 4.43 Å². The van der Waals surface area contributed by atoms with Crippen LogP contribution in [-0.4, -0.2) is 14.9 Å². The zero-order chi connectivity index (χ0) is 10.9. The summed E-state index contributed by atoms with van der Waals surface area (Å²) < 4.78 is 6.08. The van der Waals surface area contributed by atoms with Crippen molar-refractivity contribution in [3.63, 3.8) is 0 Å². The summed E-state index contributed by atoms with van der Waals surface area (Å²) in [5.74, 6) is 1.05. The fraction of sp³-hybridized carbons (Fsp3) is 0.500. The van der Waals surface area contributed by atoms with Gasteiger partial charge in [-0.2, -0.15) is 0 Å². The third kappa shape index (κ3) is 2.53. The van der Waals surface area contributed by atoms with Crippen LogP contribution >= 0.6 is 0 Å². The predicted octanol–water partition coefficient (Wildman–Crippen LogP) is 3.26. The Morgan fingerprint density at radius 1 is 1.27 bits per heavy atom. The van der Waals surface area contributed by atoms with Crippen LogP contribution in [-0.2, 0) is 6.42 Å². The molecular formula is C12H19NOSi. The molecular weight excluding hydrogens is 202 g/mol. The standard InChI is InChI=1S/C12H19NOSi/c1-15(2,3)14-11-8-4-6-10-7-5-9-13-12(10)11/h4,6,8,13H,5,7,9H2,1-3H3. The minimum absolute atomic E-state index is 1.05. The van der Waals surface area contributed by atoms with Gasteiger partial charge in [-0.3, -0.25) is 0 Å². The Hall–Kier alpha value is -0.963. The molecule has 0 spiro atoms. The van der Waals surface area contributed by atoms with Crippen molar-refractivity contribution >= 4 is 14.0 Å². The SMILES string of the molecule is C[Si](C)(C)Oc1cccc2c1NCCC2. The van der Waals surface area contributed by atoms with Crippen LogP contribution in [0.3, 0.4) is 0 Å². The molecule has 3 heteroatoms. The van der Waals surface area contributed by atoms with Gasteiger partial charge >= 0.3 is 0 Å². The van der Waals surface area contributed by atoms with E-state index in [-0.39, 0.29) is 0 Å². The van der Waals surface area contributed by atoms with Gasteiger partial charge in [0, 0.05) is 6.54 Å². The first-order valence-electron chi connectivity index (χ1n) is 5.61. The van der Waals surface area contributed by atoms with E-state index < -0.39 is 8.32 Å². The van der Waals surface area contributed by atoms with Gasteiger partial charge in [0.05, 0.1) is 5.69 Å². The molecule has 82 valence electrons. The van der Waals surface area contributed by atoms with Gasteiger partial charge in [-0.15, -0.1) is 0 Å². The molecule has 0 unspecified atom stereocenters. The van der Waals surface area contributed by atoms with E-state index in [2.05, 4.69) is 43.2 Å². The van der Waals surface area contributed by atoms with Gasteiger partial charge in [-0.25, -0.2) is 0 Å². The summed E-state index contributed by atoms with van der Waals surface area (Å²) in [6.07, 6.45) is 2.40. The fourth-order valence-corrected chi connectivity index (χ4v) is 2.72. The summed E-state index contributed by atoms with van der Waals surface area (Å²) in [4.78, 5) is 0. The Kier molecular flexibility index (Phi) is 2.74. The van der Waals surface area contributed by atoms with Crippen molar-refractivity contribution in [2.24, 2.45) is 0 Å². The van der Waals surface area contributed by atoms with Crippen molar-refractivity contribution in [2.45, 2.75) is 32.5 Å². The number of rotatable bonds is 2. The number of fused-ring (bicyclic) bond motifs is 1. The van der Waals surface area contributed by atoms with Crippen molar-refractivity contribution in [1.29, 1.82) is 0 Å². The second kappa shape index (κ2) is 3.89. The molecule has 0 aromatic heterocycles. The maximum Gasteiger partial charge on any atom is 0.242 e. The zero-order valence-corrected chi connectivity index (χ0v) is 10.8. The average molecular weight is 221 g/mol. The van der Waals surface area contributed by atoms with Gasteiger partial charge in [0.1, 0.15) is 5.75 Å². The topological polar surface area (TPSA) is 21.3 Å². The van der Waals surface area contributed by atoms with Gasteiger partial charge in [0.2, 0.25) is 8.32 Å². The maximum absolute atomic E-state index is 6.08. The molecule has 0 amide bonds. The van der Waals surface area contributed by atoms with E-state index in [1.807, 2.05) is 0 Å². The van der Waals surface area contributed by atoms with Gasteiger partial charge in [0.15, 0.2) is 0 Å². The third-order valence-electron chi connectivity index (χ3n) is 2.45. The Morgan fingerprint density at radius 2 is 2.07 bits per heavy atom. The fourth-order valence-electron chi connectivity index (χ4n) is 1.89. The first-order valence-corrected chi connectivity index (χ1v) is 9.02.